The van der Waals surface area contributed by atoms with Gasteiger partial charge in [-0.15, -0.1) is 0 Å². The molecule has 1 saturated heterocycles. The Morgan fingerprint density at radius 1 is 1.14 bits per heavy atom. The quantitative estimate of drug-likeness (QED) is 0.437. The molecule has 0 unspecified atom stereocenters. The highest BCUT2D eigenvalue weighted by Crippen LogP contribution is 2.40. The molecule has 2 aliphatic heterocycles. The Labute approximate surface area is 213 Å². The molecule has 2 N–H and O–H groups in total. The first-order valence-electron chi connectivity index (χ1n) is 12.2. The summed E-state index contributed by atoms with van der Waals surface area (Å²) in [7, 11) is 3.43. The molecule has 2 aromatic heterocycles. The van der Waals surface area contributed by atoms with Gasteiger partial charge in [0.2, 0.25) is 5.91 Å². The molecule has 190 valence electrons. The van der Waals surface area contributed by atoms with Crippen molar-refractivity contribution in [2.45, 2.75) is 24.8 Å². The van der Waals surface area contributed by atoms with Gasteiger partial charge < -0.3 is 29.4 Å². The standard InChI is InChI=1S/C27H27N5O5/c1-30-9-10-32-26(30)18(13-28-32)27(35)31-14-19-17-5-7-22(36-2)24(12-17)37-23-11-16(3-6-21(23)33)4-8-25(34)29-20(19)15-31/h3,5-7,9-13,19-20,33H,4,8,14-15H2,1-2H3,(H,29,34)/t19-,20+/m0/s1. The van der Waals surface area contributed by atoms with Gasteiger partial charge in [-0.2, -0.15) is 5.10 Å². The largest absolute Gasteiger partial charge is 0.504 e. The van der Waals surface area contributed by atoms with Gasteiger partial charge in [-0.25, -0.2) is 4.52 Å². The Hall–Kier alpha value is -4.47. The Morgan fingerprint density at radius 2 is 2.00 bits per heavy atom. The zero-order chi connectivity index (χ0) is 25.7. The van der Waals surface area contributed by atoms with Crippen LogP contribution in [0.3, 0.4) is 0 Å². The number of fused-ring (bicyclic) bond motifs is 7. The highest BCUT2D eigenvalue weighted by atomic mass is 16.5. The van der Waals surface area contributed by atoms with Gasteiger partial charge >= 0.3 is 0 Å². The fourth-order valence-corrected chi connectivity index (χ4v) is 5.28. The number of phenolic OH excluding ortho intramolecular Hbond substituents is 1. The molecule has 10 heteroatoms. The van der Waals surface area contributed by atoms with Crippen molar-refractivity contribution in [3.63, 3.8) is 0 Å². The Morgan fingerprint density at radius 3 is 2.84 bits per heavy atom. The Bertz CT molecular complexity index is 1520. The maximum atomic E-state index is 13.6. The zero-order valence-electron chi connectivity index (χ0n) is 20.5. The minimum atomic E-state index is -0.283. The number of phenols is 1. The van der Waals surface area contributed by atoms with Crippen molar-refractivity contribution in [3.8, 4) is 23.0 Å². The lowest BCUT2D eigenvalue weighted by atomic mass is 9.93. The van der Waals surface area contributed by atoms with Gasteiger partial charge in [-0.1, -0.05) is 12.1 Å². The summed E-state index contributed by atoms with van der Waals surface area (Å²) >= 11 is 0. The van der Waals surface area contributed by atoms with E-state index < -0.39 is 0 Å². The number of hydrogen-bond acceptors (Lipinski definition) is 6. The fraction of sp³-hybridized carbons (Fsp3) is 0.296. The molecule has 0 radical (unpaired) electrons. The lowest BCUT2D eigenvalue weighted by Gasteiger charge is -2.21. The molecule has 0 spiro atoms. The molecule has 2 amide bonds. The maximum Gasteiger partial charge on any atom is 0.259 e. The van der Waals surface area contributed by atoms with Crippen LogP contribution < -0.4 is 14.8 Å². The molecule has 2 atom stereocenters. The molecular weight excluding hydrogens is 474 g/mol. The molecule has 4 aromatic rings. The average Bonchev–Trinajstić information content (AvgIpc) is 3.60. The van der Waals surface area contributed by atoms with Crippen molar-refractivity contribution in [3.05, 3.63) is 71.7 Å². The van der Waals surface area contributed by atoms with Gasteiger partial charge in [0.1, 0.15) is 11.2 Å². The van der Waals surface area contributed by atoms with E-state index in [9.17, 15) is 14.7 Å². The third kappa shape index (κ3) is 4.04. The second kappa shape index (κ2) is 8.88. The number of hydrogen-bond donors (Lipinski definition) is 2. The van der Waals surface area contributed by atoms with Crippen LogP contribution in [0.1, 0.15) is 33.8 Å². The number of amides is 2. The number of likely N-dealkylation sites (tertiary alicyclic amines) is 1. The van der Waals surface area contributed by atoms with E-state index in [4.69, 9.17) is 9.47 Å². The van der Waals surface area contributed by atoms with Gasteiger partial charge in [0.15, 0.2) is 23.0 Å². The number of aromatic hydroxyl groups is 1. The van der Waals surface area contributed by atoms with Gasteiger partial charge in [0, 0.05) is 44.9 Å². The van der Waals surface area contributed by atoms with Crippen molar-refractivity contribution in [2.75, 3.05) is 20.2 Å². The number of aryl methyl sites for hydroxylation is 2. The van der Waals surface area contributed by atoms with Crippen LogP contribution in [0.5, 0.6) is 23.0 Å². The van der Waals surface area contributed by atoms with E-state index in [1.165, 1.54) is 0 Å². The van der Waals surface area contributed by atoms with Crippen molar-refractivity contribution in [2.24, 2.45) is 7.05 Å². The number of benzene rings is 2. The molecule has 4 bridgehead atoms. The highest BCUT2D eigenvalue weighted by Gasteiger charge is 2.38. The Balaban J connectivity index is 1.38. The van der Waals surface area contributed by atoms with Crippen molar-refractivity contribution < 1.29 is 24.2 Å². The lowest BCUT2D eigenvalue weighted by molar-refractivity contribution is -0.121. The fourth-order valence-electron chi connectivity index (χ4n) is 5.28. The van der Waals surface area contributed by atoms with E-state index in [2.05, 4.69) is 10.4 Å². The predicted molar refractivity (Wildman–Crippen MR) is 134 cm³/mol. The van der Waals surface area contributed by atoms with Crippen LogP contribution in [0.15, 0.2) is 55.0 Å². The van der Waals surface area contributed by atoms with Crippen molar-refractivity contribution >= 4 is 17.5 Å². The molecular formula is C27H27N5O5. The minimum Gasteiger partial charge on any atom is -0.504 e. The number of imidazole rings is 1. The van der Waals surface area contributed by atoms with Crippen molar-refractivity contribution in [1.29, 1.82) is 0 Å². The number of methoxy groups -OCH3 is 1. The number of carbonyl (C=O) groups excluding carboxylic acids is 2. The molecule has 0 aliphatic carbocycles. The van der Waals surface area contributed by atoms with E-state index >= 15 is 0 Å². The molecule has 1 fully saturated rings. The molecule has 0 saturated carbocycles. The second-order valence-corrected chi connectivity index (χ2v) is 9.54. The number of ether oxygens (including phenoxy) is 2. The lowest BCUT2D eigenvalue weighted by Crippen LogP contribution is -2.40. The van der Waals surface area contributed by atoms with Gasteiger partial charge in [0.25, 0.3) is 5.91 Å². The van der Waals surface area contributed by atoms with Gasteiger partial charge in [0.05, 0.1) is 19.3 Å². The molecule has 37 heavy (non-hydrogen) atoms. The van der Waals surface area contributed by atoms with Gasteiger partial charge in [-0.05, 0) is 41.8 Å². The summed E-state index contributed by atoms with van der Waals surface area (Å²) in [5.74, 6) is 0.856. The van der Waals surface area contributed by atoms with E-state index in [1.54, 1.807) is 53.2 Å². The minimum absolute atomic E-state index is 0.000730. The van der Waals surface area contributed by atoms with Crippen LogP contribution in [0.2, 0.25) is 0 Å². The van der Waals surface area contributed by atoms with E-state index in [1.807, 2.05) is 29.9 Å². The zero-order valence-corrected chi connectivity index (χ0v) is 20.5. The number of carbonyl (C=O) groups is 2. The average molecular weight is 502 g/mol. The number of nitrogens with one attached hydrogen (secondary N) is 1. The third-order valence-corrected chi connectivity index (χ3v) is 7.22. The first kappa shape index (κ1) is 23.0. The summed E-state index contributed by atoms with van der Waals surface area (Å²) in [6.45, 7) is 0.782. The Kier molecular flexibility index (Phi) is 5.51. The monoisotopic (exact) mass is 501 g/mol. The first-order chi connectivity index (χ1) is 17.9. The highest BCUT2D eigenvalue weighted by molar-refractivity contribution is 6.00. The van der Waals surface area contributed by atoms with Crippen LogP contribution >= 0.6 is 0 Å². The summed E-state index contributed by atoms with van der Waals surface area (Å²) in [6.07, 6.45) is 6.00. The van der Waals surface area contributed by atoms with E-state index in [-0.39, 0.29) is 35.9 Å². The summed E-state index contributed by atoms with van der Waals surface area (Å²) in [4.78, 5) is 28.3. The molecule has 6 rings (SSSR count). The molecule has 2 aromatic carbocycles. The van der Waals surface area contributed by atoms with Crippen LogP contribution in [0.25, 0.3) is 5.65 Å². The maximum absolute atomic E-state index is 13.6. The van der Waals surface area contributed by atoms with Crippen LogP contribution in [-0.2, 0) is 18.3 Å². The molecule has 2 aliphatic rings. The van der Waals surface area contributed by atoms with E-state index in [0.29, 0.717) is 42.3 Å². The SMILES string of the molecule is COc1ccc2cc1Oc1cc(ccc1O)CCC(=O)N[C@@H]1CN(C(=O)c3cnn4ccn(C)c34)C[C@@H]21. The second-order valence-electron chi connectivity index (χ2n) is 9.54. The van der Waals surface area contributed by atoms with Crippen LogP contribution in [-0.4, -0.2) is 62.2 Å². The van der Waals surface area contributed by atoms with Crippen molar-refractivity contribution in [1.82, 2.24) is 24.4 Å². The summed E-state index contributed by atoms with van der Waals surface area (Å²) in [5.41, 5.74) is 2.99. The summed E-state index contributed by atoms with van der Waals surface area (Å²) in [5, 5.41) is 17.9. The predicted octanol–water partition coefficient (Wildman–Crippen LogP) is 2.85. The smallest absolute Gasteiger partial charge is 0.259 e. The number of nitrogens with zero attached hydrogens (tertiary/aromatic N) is 4. The van der Waals surface area contributed by atoms with Crippen LogP contribution in [0, 0.1) is 0 Å². The molecule has 4 heterocycles. The first-order valence-corrected chi connectivity index (χ1v) is 12.2. The summed E-state index contributed by atoms with van der Waals surface area (Å²) < 4.78 is 15.2. The summed E-state index contributed by atoms with van der Waals surface area (Å²) in [6, 6.07) is 10.4. The molecule has 10 nitrogen and oxygen atoms in total. The normalized spacial score (nSPS) is 19.3. The van der Waals surface area contributed by atoms with Gasteiger partial charge in [-0.3, -0.25) is 9.59 Å². The van der Waals surface area contributed by atoms with E-state index in [0.717, 1.165) is 16.8 Å². The number of aromatic nitrogens is 3. The third-order valence-electron chi connectivity index (χ3n) is 7.22. The number of rotatable bonds is 2. The van der Waals surface area contributed by atoms with Crippen LogP contribution in [0.4, 0.5) is 0 Å². The topological polar surface area (TPSA) is 110 Å².